The van der Waals surface area contributed by atoms with Gasteiger partial charge in [-0.2, -0.15) is 0 Å². The van der Waals surface area contributed by atoms with Gasteiger partial charge in [0.05, 0.1) is 0 Å². The molecule has 1 amide bonds. The maximum absolute atomic E-state index is 12.2. The Hall–Kier alpha value is -1.35. The Morgan fingerprint density at radius 1 is 1.16 bits per heavy atom. The Morgan fingerprint density at radius 2 is 2.00 bits per heavy atom. The molecule has 0 radical (unpaired) electrons. The van der Waals surface area contributed by atoms with Crippen LogP contribution in [-0.4, -0.2) is 12.5 Å². The zero-order valence-corrected chi connectivity index (χ0v) is 11.4. The lowest BCUT2D eigenvalue weighted by atomic mass is 9.88. The van der Waals surface area contributed by atoms with Gasteiger partial charge in [0.25, 0.3) is 0 Å². The van der Waals surface area contributed by atoms with Crippen LogP contribution in [-0.2, 0) is 17.8 Å². The van der Waals surface area contributed by atoms with Crippen LogP contribution in [0.15, 0.2) is 18.2 Å². The topological polar surface area (TPSA) is 41.1 Å². The molecule has 1 fully saturated rings. The quantitative estimate of drug-likeness (QED) is 0.856. The molecule has 1 saturated carbocycles. The molecule has 0 atom stereocenters. The lowest BCUT2D eigenvalue weighted by Gasteiger charge is -2.22. The number of fused-ring (bicyclic) bond motifs is 1. The van der Waals surface area contributed by atoms with Crippen LogP contribution in [0.3, 0.4) is 0 Å². The van der Waals surface area contributed by atoms with E-state index >= 15 is 0 Å². The third-order valence-electron chi connectivity index (χ3n) is 4.34. The maximum Gasteiger partial charge on any atom is 0.227 e. The molecule has 1 aromatic carbocycles. The monoisotopic (exact) mass is 258 g/mol. The molecule has 0 unspecified atom stereocenters. The van der Waals surface area contributed by atoms with E-state index in [1.165, 1.54) is 30.4 Å². The van der Waals surface area contributed by atoms with E-state index in [4.69, 9.17) is 0 Å². The standard InChI is InChI=1S/C16H22N2O/c19-16(13-4-2-1-3-5-13)18-15-7-6-12-8-9-17-11-14(12)10-15/h6-7,10,13,17H,1-5,8-9,11H2,(H,18,19). The molecular formula is C16H22N2O. The summed E-state index contributed by atoms with van der Waals surface area (Å²) in [4.78, 5) is 12.2. The van der Waals surface area contributed by atoms with Gasteiger partial charge in [0.1, 0.15) is 0 Å². The number of carbonyl (C=O) groups excluding carboxylic acids is 1. The van der Waals surface area contributed by atoms with E-state index in [1.54, 1.807) is 0 Å². The molecule has 0 bridgehead atoms. The Balaban J connectivity index is 1.67. The van der Waals surface area contributed by atoms with Gasteiger partial charge in [-0.1, -0.05) is 25.3 Å². The van der Waals surface area contributed by atoms with Crippen molar-refractivity contribution in [1.82, 2.24) is 5.32 Å². The van der Waals surface area contributed by atoms with Crippen molar-refractivity contribution in [3.05, 3.63) is 29.3 Å². The summed E-state index contributed by atoms with van der Waals surface area (Å²) in [5.41, 5.74) is 3.69. The van der Waals surface area contributed by atoms with Crippen LogP contribution in [0.5, 0.6) is 0 Å². The Kier molecular flexibility index (Phi) is 3.83. The number of benzene rings is 1. The summed E-state index contributed by atoms with van der Waals surface area (Å²) >= 11 is 0. The first-order valence-electron chi connectivity index (χ1n) is 7.46. The van der Waals surface area contributed by atoms with Crippen molar-refractivity contribution in [3.8, 4) is 0 Å². The first-order chi connectivity index (χ1) is 9.33. The fraction of sp³-hybridized carbons (Fsp3) is 0.562. The van der Waals surface area contributed by atoms with Crippen molar-refractivity contribution in [2.24, 2.45) is 5.92 Å². The highest BCUT2D eigenvalue weighted by molar-refractivity contribution is 5.92. The second kappa shape index (κ2) is 5.74. The summed E-state index contributed by atoms with van der Waals surface area (Å²) in [6.45, 7) is 1.98. The molecular weight excluding hydrogens is 236 g/mol. The maximum atomic E-state index is 12.2. The van der Waals surface area contributed by atoms with Gasteiger partial charge in [-0.05, 0) is 49.1 Å². The van der Waals surface area contributed by atoms with Gasteiger partial charge < -0.3 is 10.6 Å². The van der Waals surface area contributed by atoms with E-state index in [0.29, 0.717) is 0 Å². The molecule has 102 valence electrons. The largest absolute Gasteiger partial charge is 0.326 e. The molecule has 0 saturated heterocycles. The summed E-state index contributed by atoms with van der Waals surface area (Å²) in [5, 5.41) is 6.47. The lowest BCUT2D eigenvalue weighted by molar-refractivity contribution is -0.120. The number of hydrogen-bond acceptors (Lipinski definition) is 2. The zero-order chi connectivity index (χ0) is 13.1. The van der Waals surface area contributed by atoms with E-state index in [9.17, 15) is 4.79 Å². The van der Waals surface area contributed by atoms with Crippen molar-refractivity contribution < 1.29 is 4.79 Å². The fourth-order valence-corrected chi connectivity index (χ4v) is 3.17. The van der Waals surface area contributed by atoms with Gasteiger partial charge in [0.15, 0.2) is 0 Å². The van der Waals surface area contributed by atoms with Crippen molar-refractivity contribution >= 4 is 11.6 Å². The Labute approximate surface area is 114 Å². The smallest absolute Gasteiger partial charge is 0.227 e. The van der Waals surface area contributed by atoms with Crippen molar-refractivity contribution in [2.75, 3.05) is 11.9 Å². The number of rotatable bonds is 2. The SMILES string of the molecule is O=C(Nc1ccc2c(c1)CNCC2)C1CCCCC1. The third kappa shape index (κ3) is 2.98. The van der Waals surface area contributed by atoms with E-state index in [1.807, 2.05) is 6.07 Å². The summed E-state index contributed by atoms with van der Waals surface area (Å²) in [5.74, 6) is 0.436. The van der Waals surface area contributed by atoms with E-state index in [0.717, 1.165) is 38.0 Å². The van der Waals surface area contributed by atoms with Crippen LogP contribution in [0, 0.1) is 5.92 Å². The van der Waals surface area contributed by atoms with Crippen molar-refractivity contribution in [3.63, 3.8) is 0 Å². The molecule has 0 spiro atoms. The number of amides is 1. The predicted molar refractivity (Wildman–Crippen MR) is 77.1 cm³/mol. The lowest BCUT2D eigenvalue weighted by Crippen LogP contribution is -2.26. The van der Waals surface area contributed by atoms with Gasteiger partial charge >= 0.3 is 0 Å². The molecule has 3 rings (SSSR count). The molecule has 1 heterocycles. The van der Waals surface area contributed by atoms with Gasteiger partial charge in [-0.15, -0.1) is 0 Å². The zero-order valence-electron chi connectivity index (χ0n) is 11.4. The molecule has 19 heavy (non-hydrogen) atoms. The average Bonchev–Trinajstić information content (AvgIpc) is 2.48. The average molecular weight is 258 g/mol. The summed E-state index contributed by atoms with van der Waals surface area (Å²) in [7, 11) is 0. The number of nitrogens with one attached hydrogen (secondary N) is 2. The van der Waals surface area contributed by atoms with Gasteiger partial charge in [-0.25, -0.2) is 0 Å². The molecule has 0 aromatic heterocycles. The summed E-state index contributed by atoms with van der Waals surface area (Å²) in [6.07, 6.45) is 6.88. The van der Waals surface area contributed by atoms with Crippen LogP contribution in [0.4, 0.5) is 5.69 Å². The normalized spacial score (nSPS) is 19.8. The van der Waals surface area contributed by atoms with Crippen LogP contribution in [0.2, 0.25) is 0 Å². The van der Waals surface area contributed by atoms with Crippen molar-refractivity contribution in [2.45, 2.75) is 45.1 Å². The van der Waals surface area contributed by atoms with Crippen LogP contribution >= 0.6 is 0 Å². The minimum atomic E-state index is 0.211. The minimum absolute atomic E-state index is 0.211. The number of carbonyl (C=O) groups is 1. The fourth-order valence-electron chi connectivity index (χ4n) is 3.17. The van der Waals surface area contributed by atoms with Crippen LogP contribution < -0.4 is 10.6 Å². The first-order valence-corrected chi connectivity index (χ1v) is 7.46. The molecule has 3 heteroatoms. The molecule has 1 aromatic rings. The van der Waals surface area contributed by atoms with E-state index in [-0.39, 0.29) is 11.8 Å². The third-order valence-corrected chi connectivity index (χ3v) is 4.34. The predicted octanol–water partition coefficient (Wildman–Crippen LogP) is 2.85. The Morgan fingerprint density at radius 3 is 2.84 bits per heavy atom. The van der Waals surface area contributed by atoms with E-state index < -0.39 is 0 Å². The van der Waals surface area contributed by atoms with Crippen LogP contribution in [0.25, 0.3) is 0 Å². The molecule has 1 aliphatic carbocycles. The van der Waals surface area contributed by atoms with Crippen molar-refractivity contribution in [1.29, 1.82) is 0 Å². The number of hydrogen-bond donors (Lipinski definition) is 2. The van der Waals surface area contributed by atoms with Gasteiger partial charge in [-0.3, -0.25) is 4.79 Å². The molecule has 3 nitrogen and oxygen atoms in total. The highest BCUT2D eigenvalue weighted by Gasteiger charge is 2.21. The second-order valence-electron chi connectivity index (χ2n) is 5.73. The number of anilines is 1. The molecule has 2 N–H and O–H groups in total. The van der Waals surface area contributed by atoms with E-state index in [2.05, 4.69) is 22.8 Å². The summed E-state index contributed by atoms with van der Waals surface area (Å²) in [6, 6.07) is 6.33. The van der Waals surface area contributed by atoms with Gasteiger partial charge in [0.2, 0.25) is 5.91 Å². The Bertz CT molecular complexity index is 464. The van der Waals surface area contributed by atoms with Gasteiger partial charge in [0, 0.05) is 18.2 Å². The highest BCUT2D eigenvalue weighted by atomic mass is 16.1. The van der Waals surface area contributed by atoms with Crippen LogP contribution in [0.1, 0.15) is 43.2 Å². The highest BCUT2D eigenvalue weighted by Crippen LogP contribution is 2.25. The molecule has 2 aliphatic rings. The first kappa shape index (κ1) is 12.7. The second-order valence-corrected chi connectivity index (χ2v) is 5.73. The summed E-state index contributed by atoms with van der Waals surface area (Å²) < 4.78 is 0. The molecule has 1 aliphatic heterocycles. The minimum Gasteiger partial charge on any atom is -0.326 e.